The fourth-order valence-corrected chi connectivity index (χ4v) is 4.98. The molecule has 0 spiro atoms. The van der Waals surface area contributed by atoms with Crippen LogP contribution < -0.4 is 9.64 Å². The highest BCUT2D eigenvalue weighted by Crippen LogP contribution is 2.36. The smallest absolute Gasteiger partial charge is 0.236 e. The minimum absolute atomic E-state index is 0.113. The highest BCUT2D eigenvalue weighted by molar-refractivity contribution is 7.91. The molecule has 0 unspecified atom stereocenters. The van der Waals surface area contributed by atoms with Crippen LogP contribution in [-0.4, -0.2) is 33.1 Å². The molecule has 3 aromatic rings. The summed E-state index contributed by atoms with van der Waals surface area (Å²) in [7, 11) is -3.93. The third-order valence-corrected chi connectivity index (χ3v) is 6.93. The molecule has 31 heavy (non-hydrogen) atoms. The zero-order chi connectivity index (χ0) is 21.8. The van der Waals surface area contributed by atoms with E-state index in [1.165, 1.54) is 36.4 Å². The lowest BCUT2D eigenvalue weighted by Gasteiger charge is -2.20. The summed E-state index contributed by atoms with van der Waals surface area (Å²) in [4.78, 5) is 6.44. The number of halogens is 1. The summed E-state index contributed by atoms with van der Waals surface area (Å²) in [6.07, 6.45) is 4.09. The fourth-order valence-electron chi connectivity index (χ4n) is 3.66. The predicted octanol–water partition coefficient (Wildman–Crippen LogP) is 5.09. The van der Waals surface area contributed by atoms with Crippen molar-refractivity contribution >= 4 is 15.7 Å². The van der Waals surface area contributed by atoms with Gasteiger partial charge in [0.25, 0.3) is 0 Å². The summed E-state index contributed by atoms with van der Waals surface area (Å²) in [6, 6.07) is 11.9. The number of hydrogen-bond acceptors (Lipinski definition) is 6. The maximum absolute atomic E-state index is 13.5. The van der Waals surface area contributed by atoms with E-state index in [-0.39, 0.29) is 27.5 Å². The highest BCUT2D eigenvalue weighted by Gasteiger charge is 2.31. The van der Waals surface area contributed by atoms with Crippen molar-refractivity contribution in [3.8, 4) is 17.2 Å². The SMILES string of the molecule is CCOc1ccc(S(=O)(=O)c2nc(-c3ccc(F)cc3)oc2N2CCCCCC2)cc1. The molecular weight excluding hydrogens is 419 g/mol. The fraction of sp³-hybridized carbons (Fsp3) is 0.348. The number of hydrogen-bond donors (Lipinski definition) is 0. The molecule has 2 heterocycles. The number of anilines is 1. The number of nitrogens with zero attached hydrogens (tertiary/aromatic N) is 2. The lowest BCUT2D eigenvalue weighted by molar-refractivity contribution is 0.340. The van der Waals surface area contributed by atoms with Gasteiger partial charge in [0.05, 0.1) is 11.5 Å². The van der Waals surface area contributed by atoms with Crippen molar-refractivity contribution in [1.29, 1.82) is 0 Å². The molecule has 164 valence electrons. The molecule has 1 aliphatic heterocycles. The van der Waals surface area contributed by atoms with Crippen molar-refractivity contribution in [2.45, 2.75) is 42.5 Å². The first-order valence-electron chi connectivity index (χ1n) is 10.5. The molecule has 1 fully saturated rings. The summed E-state index contributed by atoms with van der Waals surface area (Å²) in [5, 5.41) is -0.113. The van der Waals surface area contributed by atoms with Gasteiger partial charge in [0.2, 0.25) is 26.6 Å². The zero-order valence-electron chi connectivity index (χ0n) is 17.4. The van der Waals surface area contributed by atoms with E-state index >= 15 is 0 Å². The molecule has 0 radical (unpaired) electrons. The third kappa shape index (κ3) is 4.58. The summed E-state index contributed by atoms with van der Waals surface area (Å²) < 4.78 is 51.8. The Labute approximate surface area is 181 Å². The lowest BCUT2D eigenvalue weighted by atomic mass is 10.2. The summed E-state index contributed by atoms with van der Waals surface area (Å²) in [5.74, 6) is 0.616. The molecule has 0 saturated carbocycles. The van der Waals surface area contributed by atoms with Crippen LogP contribution in [0.1, 0.15) is 32.6 Å². The van der Waals surface area contributed by atoms with Gasteiger partial charge in [-0.15, -0.1) is 0 Å². The largest absolute Gasteiger partial charge is 0.494 e. The van der Waals surface area contributed by atoms with E-state index in [0.717, 1.165) is 25.7 Å². The molecule has 0 atom stereocenters. The van der Waals surface area contributed by atoms with E-state index in [9.17, 15) is 12.8 Å². The standard InChI is InChI=1S/C23H25FN2O4S/c1-2-29-19-11-13-20(14-12-19)31(27,28)22-23(26-15-5-3-4-6-16-26)30-21(25-22)17-7-9-18(24)10-8-17/h7-14H,2-6,15-16H2,1H3. The first kappa shape index (κ1) is 21.4. The topological polar surface area (TPSA) is 72.6 Å². The second kappa shape index (κ2) is 9.09. The Hall–Kier alpha value is -2.87. The number of aromatic nitrogens is 1. The van der Waals surface area contributed by atoms with Crippen LogP contribution in [0.3, 0.4) is 0 Å². The van der Waals surface area contributed by atoms with Crippen molar-refractivity contribution in [3.63, 3.8) is 0 Å². The molecule has 8 heteroatoms. The van der Waals surface area contributed by atoms with Crippen LogP contribution in [0.5, 0.6) is 5.75 Å². The monoisotopic (exact) mass is 444 g/mol. The van der Waals surface area contributed by atoms with Crippen LogP contribution in [0, 0.1) is 5.82 Å². The van der Waals surface area contributed by atoms with E-state index in [1.807, 2.05) is 11.8 Å². The Morgan fingerprint density at radius 2 is 1.65 bits per heavy atom. The molecule has 6 nitrogen and oxygen atoms in total. The van der Waals surface area contributed by atoms with Crippen LogP contribution in [0.4, 0.5) is 10.3 Å². The van der Waals surface area contributed by atoms with Crippen LogP contribution in [0.25, 0.3) is 11.5 Å². The van der Waals surface area contributed by atoms with Crippen molar-refractivity contribution in [2.24, 2.45) is 0 Å². The van der Waals surface area contributed by atoms with Gasteiger partial charge >= 0.3 is 0 Å². The number of oxazole rings is 1. The van der Waals surface area contributed by atoms with Crippen molar-refractivity contribution in [3.05, 3.63) is 54.3 Å². The van der Waals surface area contributed by atoms with Gasteiger partial charge < -0.3 is 14.1 Å². The van der Waals surface area contributed by atoms with Gasteiger partial charge in [-0.25, -0.2) is 12.8 Å². The van der Waals surface area contributed by atoms with Crippen molar-refractivity contribution in [1.82, 2.24) is 4.98 Å². The van der Waals surface area contributed by atoms with E-state index in [2.05, 4.69) is 4.98 Å². The number of rotatable bonds is 6. The average Bonchev–Trinajstić information content (AvgIpc) is 3.05. The quantitative estimate of drug-likeness (QED) is 0.527. The molecule has 2 aromatic carbocycles. The van der Waals surface area contributed by atoms with Crippen molar-refractivity contribution < 1.29 is 22.0 Å². The highest BCUT2D eigenvalue weighted by atomic mass is 32.2. The average molecular weight is 445 g/mol. The molecule has 0 bridgehead atoms. The second-order valence-electron chi connectivity index (χ2n) is 7.45. The summed E-state index contributed by atoms with van der Waals surface area (Å²) in [6.45, 7) is 3.76. The van der Waals surface area contributed by atoms with Gasteiger partial charge in [-0.1, -0.05) is 12.8 Å². The van der Waals surface area contributed by atoms with E-state index < -0.39 is 9.84 Å². The molecule has 0 N–H and O–H groups in total. The van der Waals surface area contributed by atoms with Crippen LogP contribution in [0.15, 0.2) is 62.9 Å². The molecule has 1 saturated heterocycles. The number of benzene rings is 2. The van der Waals surface area contributed by atoms with Gasteiger partial charge in [0.1, 0.15) is 11.6 Å². The zero-order valence-corrected chi connectivity index (χ0v) is 18.2. The van der Waals surface area contributed by atoms with Crippen LogP contribution in [0.2, 0.25) is 0 Å². The predicted molar refractivity (Wildman–Crippen MR) is 116 cm³/mol. The lowest BCUT2D eigenvalue weighted by Crippen LogP contribution is -2.25. The third-order valence-electron chi connectivity index (χ3n) is 5.26. The van der Waals surface area contributed by atoms with Crippen LogP contribution >= 0.6 is 0 Å². The first-order valence-corrected chi connectivity index (χ1v) is 12.0. The molecule has 4 rings (SSSR count). The van der Waals surface area contributed by atoms with Gasteiger partial charge in [-0.05, 0) is 68.3 Å². The molecule has 1 aromatic heterocycles. The van der Waals surface area contributed by atoms with Crippen molar-refractivity contribution in [2.75, 3.05) is 24.6 Å². The van der Waals surface area contributed by atoms with Gasteiger partial charge in [-0.3, -0.25) is 0 Å². The Morgan fingerprint density at radius 3 is 2.26 bits per heavy atom. The number of ether oxygens (including phenoxy) is 1. The summed E-state index contributed by atoms with van der Waals surface area (Å²) >= 11 is 0. The molecule has 0 amide bonds. The molecule has 0 aliphatic carbocycles. The molecular formula is C23H25FN2O4S. The Kier molecular flexibility index (Phi) is 6.27. The van der Waals surface area contributed by atoms with E-state index in [1.54, 1.807) is 12.1 Å². The van der Waals surface area contributed by atoms with Crippen LogP contribution in [-0.2, 0) is 9.84 Å². The van der Waals surface area contributed by atoms with E-state index in [4.69, 9.17) is 9.15 Å². The first-order chi connectivity index (χ1) is 15.0. The minimum atomic E-state index is -3.93. The Morgan fingerprint density at radius 1 is 1.00 bits per heavy atom. The maximum Gasteiger partial charge on any atom is 0.236 e. The normalized spacial score (nSPS) is 15.0. The van der Waals surface area contributed by atoms with Gasteiger partial charge in [0, 0.05) is 18.7 Å². The van der Waals surface area contributed by atoms with E-state index in [0.29, 0.717) is 31.0 Å². The Bertz CT molecular complexity index is 1120. The number of sulfone groups is 1. The molecule has 1 aliphatic rings. The Balaban J connectivity index is 1.79. The van der Waals surface area contributed by atoms with Gasteiger partial charge in [0.15, 0.2) is 0 Å². The second-order valence-corrected chi connectivity index (χ2v) is 9.31. The maximum atomic E-state index is 13.5. The summed E-state index contributed by atoms with van der Waals surface area (Å²) in [5.41, 5.74) is 0.519. The van der Waals surface area contributed by atoms with Gasteiger partial charge in [-0.2, -0.15) is 4.98 Å². The minimum Gasteiger partial charge on any atom is -0.494 e.